The van der Waals surface area contributed by atoms with Crippen LogP contribution in [0, 0.1) is 0 Å². The second-order valence-corrected chi connectivity index (χ2v) is 10.7. The Hall–Kier alpha value is -4.11. The Kier molecular flexibility index (Phi) is 6.60. The molecule has 5 N–H and O–H groups in total. The van der Waals surface area contributed by atoms with Gasteiger partial charge in [-0.1, -0.05) is 12.1 Å². The van der Waals surface area contributed by atoms with Crippen molar-refractivity contribution >= 4 is 54.3 Å². The molecule has 0 atom stereocenters. The van der Waals surface area contributed by atoms with E-state index in [9.17, 15) is 35.5 Å². The molecule has 0 radical (unpaired) electrons. The second kappa shape index (κ2) is 9.40. The summed E-state index contributed by atoms with van der Waals surface area (Å²) in [5.74, 6) is -1.03. The quantitative estimate of drug-likeness (QED) is 0.170. The first-order valence-electron chi connectivity index (χ1n) is 10.5. The zero-order valence-corrected chi connectivity index (χ0v) is 20.9. The minimum Gasteiger partial charge on any atom is -0.388 e. The molecule has 0 saturated heterocycles. The van der Waals surface area contributed by atoms with Gasteiger partial charge in [0.2, 0.25) is 0 Å². The standard InChI is InChI=1S/C23H20N4O8S2/c1-12(28)13-3-8-18-19(9-13)27-22(26-18)23(29)25-15-5-7-17(21(11-15)37(33,34)35)16-6-4-14(24-2)10-20(16)36(30,31)32/h3-11,24H,1-2H3,(H,25,29)(H,26,27)(H,30,31,32)(H,33,34,35). The number of anilines is 2. The van der Waals surface area contributed by atoms with Crippen molar-refractivity contribution in [2.75, 3.05) is 17.7 Å². The van der Waals surface area contributed by atoms with Crippen LogP contribution in [0.3, 0.4) is 0 Å². The van der Waals surface area contributed by atoms with E-state index in [1.165, 1.54) is 38.2 Å². The third-order valence-corrected chi connectivity index (χ3v) is 7.25. The number of ketones is 1. The maximum Gasteiger partial charge on any atom is 0.295 e. The summed E-state index contributed by atoms with van der Waals surface area (Å²) in [4.78, 5) is 30.0. The first-order valence-corrected chi connectivity index (χ1v) is 13.4. The molecule has 4 rings (SSSR count). The second-order valence-electron chi connectivity index (χ2n) is 7.95. The molecule has 1 aromatic heterocycles. The topological polar surface area (TPSA) is 196 Å². The van der Waals surface area contributed by atoms with Gasteiger partial charge in [-0.25, -0.2) is 4.98 Å². The number of fused-ring (bicyclic) bond motifs is 1. The molecule has 12 nitrogen and oxygen atoms in total. The van der Waals surface area contributed by atoms with Crippen LogP contribution in [0.2, 0.25) is 0 Å². The Morgan fingerprint density at radius 3 is 1.95 bits per heavy atom. The van der Waals surface area contributed by atoms with Crippen LogP contribution in [0.1, 0.15) is 27.9 Å². The fraction of sp³-hybridized carbons (Fsp3) is 0.0870. The number of rotatable bonds is 7. The predicted octanol–water partition coefficient (Wildman–Crippen LogP) is 3.22. The summed E-state index contributed by atoms with van der Waals surface area (Å²) in [7, 11) is -8.18. The van der Waals surface area contributed by atoms with Crippen molar-refractivity contribution < 1.29 is 35.5 Å². The van der Waals surface area contributed by atoms with Crippen LogP contribution in [0.25, 0.3) is 22.2 Å². The minimum absolute atomic E-state index is 0.0495. The Bertz CT molecular complexity index is 1790. The van der Waals surface area contributed by atoms with Crippen LogP contribution < -0.4 is 10.6 Å². The van der Waals surface area contributed by atoms with Crippen molar-refractivity contribution in [1.82, 2.24) is 9.97 Å². The Morgan fingerprint density at radius 1 is 0.838 bits per heavy atom. The number of carbonyl (C=O) groups is 2. The lowest BCUT2D eigenvalue weighted by molar-refractivity contribution is 0.101. The lowest BCUT2D eigenvalue weighted by Crippen LogP contribution is -2.14. The van der Waals surface area contributed by atoms with Gasteiger partial charge in [0.1, 0.15) is 9.79 Å². The highest BCUT2D eigenvalue weighted by atomic mass is 32.2. The first kappa shape index (κ1) is 26.0. The lowest BCUT2D eigenvalue weighted by atomic mass is 10.0. The SMILES string of the molecule is CNc1ccc(-c2ccc(NC(=O)c3nc4ccc(C(C)=O)cc4[nH]3)cc2S(=O)(=O)O)c(S(=O)(=O)O)c1. The van der Waals surface area contributed by atoms with E-state index in [1.54, 1.807) is 18.2 Å². The molecule has 37 heavy (non-hydrogen) atoms. The summed E-state index contributed by atoms with van der Waals surface area (Å²) in [6.45, 7) is 1.40. The van der Waals surface area contributed by atoms with Gasteiger partial charge in [0, 0.05) is 35.1 Å². The molecule has 0 spiro atoms. The predicted molar refractivity (Wildman–Crippen MR) is 135 cm³/mol. The summed E-state index contributed by atoms with van der Waals surface area (Å²) >= 11 is 0. The third-order valence-electron chi connectivity index (χ3n) is 5.46. The van der Waals surface area contributed by atoms with E-state index >= 15 is 0 Å². The molecule has 0 bridgehead atoms. The van der Waals surface area contributed by atoms with Gasteiger partial charge in [-0.05, 0) is 49.4 Å². The number of Topliss-reactive ketones (excluding diaryl/α,β-unsaturated/α-hetero) is 1. The van der Waals surface area contributed by atoms with Gasteiger partial charge in [-0.2, -0.15) is 16.8 Å². The summed E-state index contributed by atoms with van der Waals surface area (Å²) in [5, 5.41) is 5.17. The molecule has 0 aliphatic heterocycles. The number of aromatic nitrogens is 2. The fourth-order valence-electron chi connectivity index (χ4n) is 3.68. The largest absolute Gasteiger partial charge is 0.388 e. The van der Waals surface area contributed by atoms with E-state index in [0.29, 0.717) is 22.3 Å². The molecule has 14 heteroatoms. The average Bonchev–Trinajstić information content (AvgIpc) is 3.26. The molecule has 0 aliphatic rings. The fourth-order valence-corrected chi connectivity index (χ4v) is 5.14. The molecule has 1 amide bonds. The number of nitrogens with one attached hydrogen (secondary N) is 3. The average molecular weight is 545 g/mol. The van der Waals surface area contributed by atoms with Gasteiger partial charge in [0.05, 0.1) is 11.0 Å². The molecule has 3 aromatic carbocycles. The number of aromatic amines is 1. The van der Waals surface area contributed by atoms with E-state index in [2.05, 4.69) is 20.6 Å². The van der Waals surface area contributed by atoms with Gasteiger partial charge in [0.25, 0.3) is 26.1 Å². The smallest absolute Gasteiger partial charge is 0.295 e. The number of H-pyrrole nitrogens is 1. The highest BCUT2D eigenvalue weighted by molar-refractivity contribution is 7.86. The van der Waals surface area contributed by atoms with E-state index in [-0.39, 0.29) is 28.4 Å². The van der Waals surface area contributed by atoms with Crippen molar-refractivity contribution in [1.29, 1.82) is 0 Å². The van der Waals surface area contributed by atoms with Crippen LogP contribution in [-0.4, -0.2) is 54.6 Å². The molecule has 0 saturated carbocycles. The third kappa shape index (κ3) is 5.36. The van der Waals surface area contributed by atoms with E-state index in [0.717, 1.165) is 12.1 Å². The van der Waals surface area contributed by atoms with Crippen molar-refractivity contribution in [2.45, 2.75) is 16.7 Å². The zero-order chi connectivity index (χ0) is 27.1. The van der Waals surface area contributed by atoms with Gasteiger partial charge < -0.3 is 15.6 Å². The number of nitrogens with zero attached hydrogens (tertiary/aromatic N) is 1. The summed E-state index contributed by atoms with van der Waals surface area (Å²) < 4.78 is 67.9. The number of amides is 1. The van der Waals surface area contributed by atoms with E-state index in [4.69, 9.17) is 0 Å². The number of imidazole rings is 1. The van der Waals surface area contributed by atoms with Crippen LogP contribution in [0.4, 0.5) is 11.4 Å². The molecule has 0 unspecified atom stereocenters. The maximum absolute atomic E-state index is 12.8. The molecule has 192 valence electrons. The maximum atomic E-state index is 12.8. The monoisotopic (exact) mass is 544 g/mol. The minimum atomic E-state index is -4.91. The van der Waals surface area contributed by atoms with Crippen molar-refractivity contribution in [3.8, 4) is 11.1 Å². The van der Waals surface area contributed by atoms with Crippen LogP contribution in [0.15, 0.2) is 64.4 Å². The highest BCUT2D eigenvalue weighted by Crippen LogP contribution is 2.35. The van der Waals surface area contributed by atoms with Gasteiger partial charge >= 0.3 is 0 Å². The molecular formula is C23H20N4O8S2. The zero-order valence-electron chi connectivity index (χ0n) is 19.3. The van der Waals surface area contributed by atoms with Crippen molar-refractivity contribution in [3.63, 3.8) is 0 Å². The summed E-state index contributed by atoms with van der Waals surface area (Å²) in [5.41, 5.74) is 1.15. The van der Waals surface area contributed by atoms with Crippen molar-refractivity contribution in [2.24, 2.45) is 0 Å². The molecule has 0 fully saturated rings. The van der Waals surface area contributed by atoms with Crippen LogP contribution in [0.5, 0.6) is 0 Å². The van der Waals surface area contributed by atoms with Gasteiger partial charge in [-0.15, -0.1) is 0 Å². The highest BCUT2D eigenvalue weighted by Gasteiger charge is 2.24. The molecular weight excluding hydrogens is 524 g/mol. The molecule has 0 aliphatic carbocycles. The number of hydrogen-bond donors (Lipinski definition) is 5. The number of benzene rings is 3. The van der Waals surface area contributed by atoms with Gasteiger partial charge in [0.15, 0.2) is 11.6 Å². The van der Waals surface area contributed by atoms with Crippen LogP contribution >= 0.6 is 0 Å². The van der Waals surface area contributed by atoms with Crippen molar-refractivity contribution in [3.05, 3.63) is 66.0 Å². The Morgan fingerprint density at radius 2 is 1.41 bits per heavy atom. The lowest BCUT2D eigenvalue weighted by Gasteiger charge is -2.14. The van der Waals surface area contributed by atoms with Gasteiger partial charge in [-0.3, -0.25) is 18.7 Å². The summed E-state index contributed by atoms with van der Waals surface area (Å²) in [6.07, 6.45) is 0. The Balaban J connectivity index is 1.75. The van der Waals surface area contributed by atoms with E-state index in [1.807, 2.05) is 0 Å². The molecule has 1 heterocycles. The first-order chi connectivity index (χ1) is 17.3. The van der Waals surface area contributed by atoms with Crippen LogP contribution in [-0.2, 0) is 20.2 Å². The Labute approximate surface area is 211 Å². The number of hydrogen-bond acceptors (Lipinski definition) is 8. The van der Waals surface area contributed by atoms with E-state index < -0.39 is 35.9 Å². The normalized spacial score (nSPS) is 11.9. The molecule has 4 aromatic rings. The summed E-state index contributed by atoms with van der Waals surface area (Å²) in [6, 6.07) is 11.9. The number of carbonyl (C=O) groups excluding carboxylic acids is 2.